The lowest BCUT2D eigenvalue weighted by Crippen LogP contribution is -2.24. The van der Waals surface area contributed by atoms with E-state index in [4.69, 9.17) is 9.47 Å². The van der Waals surface area contributed by atoms with E-state index in [1.165, 1.54) is 0 Å². The van der Waals surface area contributed by atoms with E-state index < -0.39 is 0 Å². The van der Waals surface area contributed by atoms with Gasteiger partial charge in [0.15, 0.2) is 5.78 Å². The van der Waals surface area contributed by atoms with E-state index in [2.05, 4.69) is 0 Å². The Morgan fingerprint density at radius 1 is 1.50 bits per heavy atom. The zero-order chi connectivity index (χ0) is 7.14. The smallest absolute Gasteiger partial charge is 0.189 e. The highest BCUT2D eigenvalue weighted by atomic mass is 16.6. The maximum absolute atomic E-state index is 11.0. The lowest BCUT2D eigenvalue weighted by atomic mass is 10.0. The number of hydrogen-bond acceptors (Lipinski definition) is 3. The fourth-order valence-electron chi connectivity index (χ4n) is 1.53. The molecule has 0 aromatic heterocycles. The molecule has 0 spiro atoms. The topological polar surface area (TPSA) is 35.5 Å². The van der Waals surface area contributed by atoms with Crippen LogP contribution in [0.15, 0.2) is 0 Å². The Labute approximate surface area is 59.3 Å². The van der Waals surface area contributed by atoms with Crippen LogP contribution in [0.5, 0.6) is 0 Å². The van der Waals surface area contributed by atoms with E-state index in [0.29, 0.717) is 12.5 Å². The Kier molecular flexibility index (Phi) is 1.28. The van der Waals surface area contributed by atoms with Crippen molar-refractivity contribution in [3.63, 3.8) is 0 Å². The van der Waals surface area contributed by atoms with Gasteiger partial charge in [0.25, 0.3) is 0 Å². The van der Waals surface area contributed by atoms with Crippen molar-refractivity contribution in [2.24, 2.45) is 5.92 Å². The molecule has 0 unspecified atom stereocenters. The summed E-state index contributed by atoms with van der Waals surface area (Å²) in [5.74, 6) is 0.491. The third-order valence-electron chi connectivity index (χ3n) is 2.13. The Bertz CT molecular complexity index is 166. The number of ketones is 1. The van der Waals surface area contributed by atoms with Crippen LogP contribution in [0.2, 0.25) is 0 Å². The number of carbonyl (C=O) groups is 1. The Balaban J connectivity index is 2.16. The molecule has 0 radical (unpaired) electrons. The van der Waals surface area contributed by atoms with Crippen molar-refractivity contribution in [3.05, 3.63) is 0 Å². The van der Waals surface area contributed by atoms with Crippen LogP contribution in [0.3, 0.4) is 0 Å². The summed E-state index contributed by atoms with van der Waals surface area (Å²) in [6.45, 7) is 2.96. The van der Waals surface area contributed by atoms with Crippen molar-refractivity contribution in [1.29, 1.82) is 0 Å². The molecule has 0 bridgehead atoms. The third-order valence-corrected chi connectivity index (χ3v) is 2.13. The summed E-state index contributed by atoms with van der Waals surface area (Å²) in [7, 11) is 0. The molecule has 0 amide bonds. The van der Waals surface area contributed by atoms with Crippen LogP contribution < -0.4 is 0 Å². The highest BCUT2D eigenvalue weighted by Gasteiger charge is 2.44. The molecular formula is C7H10O3. The normalized spacial score (nSPS) is 46.1. The van der Waals surface area contributed by atoms with E-state index in [1.807, 2.05) is 6.92 Å². The van der Waals surface area contributed by atoms with Gasteiger partial charge in [-0.2, -0.15) is 0 Å². The molecule has 2 rings (SSSR count). The van der Waals surface area contributed by atoms with Gasteiger partial charge in [0.2, 0.25) is 0 Å². The molecular weight excluding hydrogens is 132 g/mol. The largest absolute Gasteiger partial charge is 0.367 e. The fourth-order valence-corrected chi connectivity index (χ4v) is 1.53. The molecule has 10 heavy (non-hydrogen) atoms. The monoisotopic (exact) mass is 142 g/mol. The molecule has 0 aliphatic carbocycles. The van der Waals surface area contributed by atoms with Gasteiger partial charge in [-0.1, -0.05) is 6.92 Å². The molecule has 0 aromatic carbocycles. The van der Waals surface area contributed by atoms with Gasteiger partial charge < -0.3 is 9.47 Å². The van der Waals surface area contributed by atoms with Gasteiger partial charge in [0, 0.05) is 5.92 Å². The molecule has 3 heteroatoms. The van der Waals surface area contributed by atoms with Crippen LogP contribution in [0.25, 0.3) is 0 Å². The van der Waals surface area contributed by atoms with Crippen molar-refractivity contribution in [3.8, 4) is 0 Å². The highest BCUT2D eigenvalue weighted by molar-refractivity contribution is 5.87. The Morgan fingerprint density at radius 3 is 3.00 bits per heavy atom. The summed E-state index contributed by atoms with van der Waals surface area (Å²) in [5.41, 5.74) is 0. The molecule has 2 fully saturated rings. The Morgan fingerprint density at radius 2 is 2.30 bits per heavy atom. The van der Waals surface area contributed by atoms with Gasteiger partial charge in [-0.3, -0.25) is 4.79 Å². The first-order chi connectivity index (χ1) is 4.79. The lowest BCUT2D eigenvalue weighted by Gasteiger charge is -2.07. The van der Waals surface area contributed by atoms with E-state index in [-0.39, 0.29) is 24.6 Å². The molecule has 2 aliphatic rings. The lowest BCUT2D eigenvalue weighted by molar-refractivity contribution is -0.125. The van der Waals surface area contributed by atoms with Crippen LogP contribution in [-0.4, -0.2) is 31.2 Å². The first kappa shape index (κ1) is 6.31. The molecule has 0 aromatic rings. The molecule has 0 saturated carbocycles. The first-order valence-electron chi connectivity index (χ1n) is 3.55. The number of ether oxygens (including phenoxy) is 2. The van der Waals surface area contributed by atoms with Crippen LogP contribution in [-0.2, 0) is 14.3 Å². The molecule has 3 atom stereocenters. The number of hydrogen-bond donors (Lipinski definition) is 0. The highest BCUT2D eigenvalue weighted by Crippen LogP contribution is 2.27. The standard InChI is InChI=1S/C7H10O3/c1-4-2-9-7-5(8)3-10-6(4)7/h4,6-7H,2-3H2,1H3/t4-,6-,7-/m0/s1. The fraction of sp³-hybridized carbons (Fsp3) is 0.857. The second-order valence-electron chi connectivity index (χ2n) is 2.97. The minimum absolute atomic E-state index is 0.0486. The Hall–Kier alpha value is -0.410. The van der Waals surface area contributed by atoms with Crippen LogP contribution >= 0.6 is 0 Å². The second kappa shape index (κ2) is 2.04. The van der Waals surface area contributed by atoms with E-state index in [1.54, 1.807) is 0 Å². The van der Waals surface area contributed by atoms with Gasteiger partial charge in [0.1, 0.15) is 12.7 Å². The van der Waals surface area contributed by atoms with Crippen LogP contribution in [0, 0.1) is 5.92 Å². The third kappa shape index (κ3) is 0.707. The quantitative estimate of drug-likeness (QED) is 0.477. The maximum atomic E-state index is 11.0. The minimum atomic E-state index is -0.241. The van der Waals surface area contributed by atoms with Crippen LogP contribution in [0.4, 0.5) is 0 Å². The number of Topliss-reactive ketones (excluding diaryl/α,β-unsaturated/α-hetero) is 1. The summed E-state index contributed by atoms with van der Waals surface area (Å²) in [6.07, 6.45) is -0.192. The molecule has 3 nitrogen and oxygen atoms in total. The summed E-state index contributed by atoms with van der Waals surface area (Å²) < 4.78 is 10.5. The molecule has 2 heterocycles. The van der Waals surface area contributed by atoms with E-state index >= 15 is 0 Å². The SMILES string of the molecule is C[C@H]1CO[C@H]2C(=O)CO[C@@H]12. The number of carbonyl (C=O) groups excluding carboxylic acids is 1. The molecule has 0 N–H and O–H groups in total. The van der Waals surface area contributed by atoms with E-state index in [9.17, 15) is 4.79 Å². The summed E-state index contributed by atoms with van der Waals surface area (Å²) in [5, 5.41) is 0. The first-order valence-corrected chi connectivity index (χ1v) is 3.55. The summed E-state index contributed by atoms with van der Waals surface area (Å²) >= 11 is 0. The average Bonchev–Trinajstić information content (AvgIpc) is 2.41. The van der Waals surface area contributed by atoms with Crippen molar-refractivity contribution >= 4 is 5.78 Å². The van der Waals surface area contributed by atoms with Crippen molar-refractivity contribution in [1.82, 2.24) is 0 Å². The van der Waals surface area contributed by atoms with Gasteiger partial charge >= 0.3 is 0 Å². The van der Waals surface area contributed by atoms with Crippen molar-refractivity contribution < 1.29 is 14.3 Å². The maximum Gasteiger partial charge on any atom is 0.189 e. The van der Waals surface area contributed by atoms with Gasteiger partial charge in [-0.25, -0.2) is 0 Å². The number of fused-ring (bicyclic) bond motifs is 1. The van der Waals surface area contributed by atoms with Gasteiger partial charge in [0.05, 0.1) is 12.7 Å². The predicted octanol–water partition coefficient (Wildman–Crippen LogP) is -0.0108. The van der Waals surface area contributed by atoms with Gasteiger partial charge in [-0.05, 0) is 0 Å². The second-order valence-corrected chi connectivity index (χ2v) is 2.97. The minimum Gasteiger partial charge on any atom is -0.367 e. The zero-order valence-corrected chi connectivity index (χ0v) is 5.87. The molecule has 2 saturated heterocycles. The van der Waals surface area contributed by atoms with Crippen molar-refractivity contribution in [2.45, 2.75) is 19.1 Å². The molecule has 2 aliphatic heterocycles. The molecule has 56 valence electrons. The van der Waals surface area contributed by atoms with E-state index in [0.717, 1.165) is 0 Å². The summed E-state index contributed by atoms with van der Waals surface area (Å²) in [4.78, 5) is 11.0. The van der Waals surface area contributed by atoms with Crippen molar-refractivity contribution in [2.75, 3.05) is 13.2 Å². The zero-order valence-electron chi connectivity index (χ0n) is 5.87. The van der Waals surface area contributed by atoms with Crippen LogP contribution in [0.1, 0.15) is 6.92 Å². The van der Waals surface area contributed by atoms with Gasteiger partial charge in [-0.15, -0.1) is 0 Å². The number of rotatable bonds is 0. The summed E-state index contributed by atoms with van der Waals surface area (Å²) in [6, 6.07) is 0. The average molecular weight is 142 g/mol. The predicted molar refractivity (Wildman–Crippen MR) is 33.7 cm³/mol.